The van der Waals surface area contributed by atoms with E-state index in [9.17, 15) is 19.5 Å². The summed E-state index contributed by atoms with van der Waals surface area (Å²) in [6.45, 7) is 8.51. The molecule has 3 aliphatic rings. The van der Waals surface area contributed by atoms with Crippen LogP contribution in [0.15, 0.2) is 54.9 Å². The Labute approximate surface area is 271 Å². The van der Waals surface area contributed by atoms with Gasteiger partial charge in [0.15, 0.2) is 0 Å². The summed E-state index contributed by atoms with van der Waals surface area (Å²) < 4.78 is 12.4. The SMILES string of the molecule is CC1(C)OB(c2ccc3nc(-c4ccc(-c5cnc([C@@H]6CCCN7C(=O)CC[C@H](NC(=O)O)C(=O)N67)[nH]5)cc4)cnc3c2)OC1(C)C. The number of benzene rings is 2. The van der Waals surface area contributed by atoms with Crippen molar-refractivity contribution in [3.63, 3.8) is 0 Å². The highest BCUT2D eigenvalue weighted by molar-refractivity contribution is 6.62. The number of H-pyrrole nitrogens is 1. The lowest BCUT2D eigenvalue weighted by molar-refractivity contribution is -0.174. The van der Waals surface area contributed by atoms with E-state index in [1.54, 1.807) is 12.4 Å². The molecule has 3 N–H and O–H groups in total. The van der Waals surface area contributed by atoms with Crippen LogP contribution in [0, 0.1) is 0 Å². The zero-order chi connectivity index (χ0) is 33.1. The molecule has 0 aliphatic carbocycles. The average Bonchev–Trinajstić information content (AvgIpc) is 3.59. The van der Waals surface area contributed by atoms with Gasteiger partial charge in [0.05, 0.1) is 46.0 Å². The summed E-state index contributed by atoms with van der Waals surface area (Å²) in [6, 6.07) is 12.2. The topological polar surface area (TPSA) is 163 Å². The van der Waals surface area contributed by atoms with Crippen molar-refractivity contribution in [3.8, 4) is 22.5 Å². The Balaban J connectivity index is 1.09. The van der Waals surface area contributed by atoms with Crippen molar-refractivity contribution in [1.29, 1.82) is 0 Å². The Morgan fingerprint density at radius 2 is 1.70 bits per heavy atom. The number of aromatic amines is 1. The predicted octanol–water partition coefficient (Wildman–Crippen LogP) is 3.82. The Hall–Kier alpha value is -4.82. The van der Waals surface area contributed by atoms with Gasteiger partial charge in [-0.2, -0.15) is 0 Å². The lowest BCUT2D eigenvalue weighted by Gasteiger charge is -2.42. The third kappa shape index (κ3) is 5.61. The van der Waals surface area contributed by atoms with Crippen LogP contribution < -0.4 is 10.8 Å². The first-order valence-electron chi connectivity index (χ1n) is 15.8. The van der Waals surface area contributed by atoms with Gasteiger partial charge in [-0.05, 0) is 70.1 Å². The maximum absolute atomic E-state index is 13.4. The van der Waals surface area contributed by atoms with Crippen LogP contribution in [-0.2, 0) is 18.9 Å². The van der Waals surface area contributed by atoms with Gasteiger partial charge in [-0.15, -0.1) is 0 Å². The van der Waals surface area contributed by atoms with E-state index in [1.807, 2.05) is 70.2 Å². The Kier molecular flexibility index (Phi) is 7.51. The van der Waals surface area contributed by atoms with Gasteiger partial charge in [0.25, 0.3) is 5.91 Å². The summed E-state index contributed by atoms with van der Waals surface area (Å²) in [7, 11) is -0.475. The molecule has 2 aromatic heterocycles. The summed E-state index contributed by atoms with van der Waals surface area (Å²) in [5.74, 6) is -0.125. The van der Waals surface area contributed by atoms with Gasteiger partial charge in [-0.25, -0.2) is 19.8 Å². The monoisotopic (exact) mass is 637 g/mol. The van der Waals surface area contributed by atoms with Crippen LogP contribution in [0.4, 0.5) is 4.79 Å². The van der Waals surface area contributed by atoms with Crippen molar-refractivity contribution in [1.82, 2.24) is 35.3 Å². The van der Waals surface area contributed by atoms with E-state index in [0.29, 0.717) is 25.2 Å². The first-order valence-corrected chi connectivity index (χ1v) is 15.8. The minimum Gasteiger partial charge on any atom is -0.465 e. The number of nitrogens with one attached hydrogen (secondary N) is 2. The summed E-state index contributed by atoms with van der Waals surface area (Å²) in [4.78, 5) is 55.1. The fourth-order valence-corrected chi connectivity index (χ4v) is 6.33. The molecule has 2 atom stereocenters. The van der Waals surface area contributed by atoms with Gasteiger partial charge in [0, 0.05) is 18.5 Å². The standard InChI is InChI=1S/C33H36BN7O6/c1-32(2)33(3,4)47-34(46-32)21-11-12-22-24(16-21)35-17-25(37-22)19-7-9-20(10-8-19)26-18-36-29(38-26)27-6-5-15-40-28(42)14-13-23(39-31(44)45)30(43)41(27)40/h7-12,16-18,23,27,39H,5-6,13-15H2,1-4H3,(H,36,38)(H,44,45)/t23-,27-/m0/s1. The van der Waals surface area contributed by atoms with Crippen LogP contribution in [0.25, 0.3) is 33.5 Å². The zero-order valence-corrected chi connectivity index (χ0v) is 26.7. The molecule has 242 valence electrons. The van der Waals surface area contributed by atoms with Crippen LogP contribution >= 0.6 is 0 Å². The number of hydrazine groups is 1. The Morgan fingerprint density at radius 1 is 0.979 bits per heavy atom. The molecule has 14 heteroatoms. The van der Waals surface area contributed by atoms with E-state index in [4.69, 9.17) is 14.3 Å². The number of imidazole rings is 1. The first kappa shape index (κ1) is 30.8. The van der Waals surface area contributed by atoms with Crippen LogP contribution in [-0.4, -0.2) is 83.9 Å². The molecule has 0 unspecified atom stereocenters. The van der Waals surface area contributed by atoms with E-state index < -0.39 is 42.4 Å². The van der Waals surface area contributed by atoms with Gasteiger partial charge < -0.3 is 24.7 Å². The maximum atomic E-state index is 13.4. The fourth-order valence-electron chi connectivity index (χ4n) is 6.33. The second-order valence-corrected chi connectivity index (χ2v) is 13.2. The molecule has 0 bridgehead atoms. The molecule has 3 fully saturated rings. The average molecular weight is 638 g/mol. The molecule has 2 aromatic carbocycles. The number of amides is 3. The van der Waals surface area contributed by atoms with Crippen LogP contribution in [0.5, 0.6) is 0 Å². The molecule has 3 amide bonds. The number of hydrogen-bond donors (Lipinski definition) is 3. The smallest absolute Gasteiger partial charge is 0.465 e. The molecule has 47 heavy (non-hydrogen) atoms. The Bertz CT molecular complexity index is 1860. The van der Waals surface area contributed by atoms with E-state index >= 15 is 0 Å². The molecule has 0 radical (unpaired) electrons. The quantitative estimate of drug-likeness (QED) is 0.276. The third-order valence-electron chi connectivity index (χ3n) is 9.65. The van der Waals surface area contributed by atoms with Gasteiger partial charge in [0.2, 0.25) is 5.91 Å². The molecule has 7 rings (SSSR count). The largest absolute Gasteiger partial charge is 0.494 e. The Morgan fingerprint density at radius 3 is 2.43 bits per heavy atom. The molecule has 5 heterocycles. The van der Waals surface area contributed by atoms with Crippen molar-refractivity contribution in [2.24, 2.45) is 0 Å². The van der Waals surface area contributed by atoms with Gasteiger partial charge >= 0.3 is 13.2 Å². The van der Waals surface area contributed by atoms with Crippen molar-refractivity contribution in [2.45, 2.75) is 76.7 Å². The molecular weight excluding hydrogens is 601 g/mol. The van der Waals surface area contributed by atoms with E-state index in [2.05, 4.69) is 20.3 Å². The molecular formula is C33H36BN7O6. The van der Waals surface area contributed by atoms with Gasteiger partial charge in [0.1, 0.15) is 17.9 Å². The summed E-state index contributed by atoms with van der Waals surface area (Å²) in [6.07, 6.45) is 3.62. The molecule has 3 aliphatic heterocycles. The fraction of sp³-hybridized carbons (Fsp3) is 0.394. The summed E-state index contributed by atoms with van der Waals surface area (Å²) in [5, 5.41) is 14.4. The van der Waals surface area contributed by atoms with Crippen molar-refractivity contribution in [2.75, 3.05) is 6.54 Å². The second kappa shape index (κ2) is 11.5. The van der Waals surface area contributed by atoms with Crippen LogP contribution in [0.2, 0.25) is 0 Å². The molecule has 13 nitrogen and oxygen atoms in total. The predicted molar refractivity (Wildman–Crippen MR) is 173 cm³/mol. The minimum atomic E-state index is -1.30. The highest BCUT2D eigenvalue weighted by Crippen LogP contribution is 2.37. The zero-order valence-electron chi connectivity index (χ0n) is 26.7. The lowest BCUT2D eigenvalue weighted by atomic mass is 9.79. The molecule has 0 saturated carbocycles. The molecule has 3 saturated heterocycles. The molecule has 0 spiro atoms. The highest BCUT2D eigenvalue weighted by atomic mass is 16.7. The normalized spacial score (nSPS) is 22.3. The van der Waals surface area contributed by atoms with Crippen molar-refractivity contribution >= 4 is 41.5 Å². The highest BCUT2D eigenvalue weighted by Gasteiger charge is 2.51. The lowest BCUT2D eigenvalue weighted by Crippen LogP contribution is -2.57. The number of carbonyl (C=O) groups excluding carboxylic acids is 2. The van der Waals surface area contributed by atoms with Crippen molar-refractivity contribution in [3.05, 3.63) is 60.7 Å². The number of carbonyl (C=O) groups is 3. The maximum Gasteiger partial charge on any atom is 0.494 e. The van der Waals surface area contributed by atoms with Gasteiger partial charge in [-0.3, -0.25) is 19.6 Å². The minimum absolute atomic E-state index is 0.0830. The second-order valence-electron chi connectivity index (χ2n) is 13.2. The van der Waals surface area contributed by atoms with Crippen molar-refractivity contribution < 1.29 is 28.8 Å². The van der Waals surface area contributed by atoms with Gasteiger partial charge in [-0.1, -0.05) is 30.3 Å². The van der Waals surface area contributed by atoms with E-state index in [1.165, 1.54) is 10.0 Å². The van der Waals surface area contributed by atoms with Crippen LogP contribution in [0.3, 0.4) is 0 Å². The first-order chi connectivity index (χ1) is 22.4. The summed E-state index contributed by atoms with van der Waals surface area (Å²) in [5.41, 5.74) is 4.79. The number of aromatic nitrogens is 4. The number of fused-ring (bicyclic) bond motifs is 2. The van der Waals surface area contributed by atoms with E-state index in [0.717, 1.165) is 39.0 Å². The number of hydrogen-bond acceptors (Lipinski definition) is 8. The number of rotatable bonds is 5. The third-order valence-corrected chi connectivity index (χ3v) is 9.65. The molecule has 4 aromatic rings. The van der Waals surface area contributed by atoms with Crippen LogP contribution in [0.1, 0.15) is 65.2 Å². The number of carboxylic acid groups (broad SMARTS) is 1. The van der Waals surface area contributed by atoms with E-state index in [-0.39, 0.29) is 18.7 Å². The number of nitrogens with zero attached hydrogens (tertiary/aromatic N) is 5. The summed E-state index contributed by atoms with van der Waals surface area (Å²) >= 11 is 0.